The van der Waals surface area contributed by atoms with Crippen molar-refractivity contribution in [1.82, 2.24) is 29.5 Å². The van der Waals surface area contributed by atoms with E-state index in [1.165, 1.54) is 30.4 Å². The molecule has 0 bridgehead atoms. The van der Waals surface area contributed by atoms with Crippen molar-refractivity contribution in [3.05, 3.63) is 194 Å². The molecule has 0 aliphatic heterocycles. The minimum absolute atomic E-state index is 0.554. The van der Waals surface area contributed by atoms with Crippen molar-refractivity contribution in [1.29, 1.82) is 0 Å². The van der Waals surface area contributed by atoms with E-state index in [-0.39, 0.29) is 0 Å². The first-order valence-corrected chi connectivity index (χ1v) is 22.5. The topological polar surface area (TPSA) is 69.4 Å². The molecule has 0 aliphatic rings. The molecule has 0 fully saturated rings. The van der Waals surface area contributed by atoms with Gasteiger partial charge in [0.25, 0.3) is 0 Å². The highest BCUT2D eigenvalue weighted by atomic mass is 32.1. The van der Waals surface area contributed by atoms with Crippen LogP contribution in [0.1, 0.15) is 0 Å². The molecule has 0 amide bonds. The van der Waals surface area contributed by atoms with Gasteiger partial charge in [0.1, 0.15) is 4.83 Å². The van der Waals surface area contributed by atoms with Crippen molar-refractivity contribution in [2.45, 2.75) is 0 Å². The Balaban J connectivity index is 0.999. The number of hydrogen-bond donors (Lipinski definition) is 0. The highest BCUT2D eigenvalue weighted by Crippen LogP contribution is 2.44. The molecule has 63 heavy (non-hydrogen) atoms. The third-order valence-electron chi connectivity index (χ3n) is 11.9. The van der Waals surface area contributed by atoms with Gasteiger partial charge in [-0.1, -0.05) is 152 Å². The zero-order valence-corrected chi connectivity index (χ0v) is 35.1. The zero-order valence-electron chi connectivity index (χ0n) is 33.5. The molecular weight excluding hydrogens is 809 g/mol. The van der Waals surface area contributed by atoms with Gasteiger partial charge < -0.3 is 0 Å². The van der Waals surface area contributed by atoms with Crippen LogP contribution in [0.4, 0.5) is 0 Å². The minimum atomic E-state index is 0.554. The molecule has 8 aromatic carbocycles. The fraction of sp³-hybridized carbons (Fsp3) is 0. The molecule has 5 aromatic heterocycles. The molecule has 13 aromatic rings. The number of fused-ring (bicyclic) bond motifs is 9. The molecule has 5 heterocycles. The number of aromatic nitrogens is 6. The van der Waals surface area contributed by atoms with Crippen molar-refractivity contribution in [3.63, 3.8) is 0 Å². The lowest BCUT2D eigenvalue weighted by Gasteiger charge is -2.11. The highest BCUT2D eigenvalue weighted by Gasteiger charge is 2.21. The first-order valence-electron chi connectivity index (χ1n) is 20.8. The van der Waals surface area contributed by atoms with Crippen molar-refractivity contribution < 1.29 is 0 Å². The summed E-state index contributed by atoms with van der Waals surface area (Å²) in [7, 11) is 0. The summed E-state index contributed by atoms with van der Waals surface area (Å²) in [6.45, 7) is 0. The monoisotopic (exact) mass is 840 g/mol. The number of hydrogen-bond acceptors (Lipinski definition) is 7. The van der Waals surface area contributed by atoms with Crippen LogP contribution in [-0.2, 0) is 0 Å². The SMILES string of the molecule is c1ccc(-c2nc(-c3ccccc3)nc(-n3c4ccccc4c4cc(-c5nc(-c6cccc(-c7cccc8c7sc7ccccc78)c6)c6c(n5)sc5ccccc56)ccc43)n2)cc1. The van der Waals surface area contributed by atoms with Gasteiger partial charge in [-0.15, -0.1) is 22.7 Å². The summed E-state index contributed by atoms with van der Waals surface area (Å²) in [6, 6.07) is 67.9. The fourth-order valence-electron chi connectivity index (χ4n) is 8.99. The van der Waals surface area contributed by atoms with Gasteiger partial charge >= 0.3 is 0 Å². The minimum Gasteiger partial charge on any atom is -0.278 e. The summed E-state index contributed by atoms with van der Waals surface area (Å²) >= 11 is 3.57. The van der Waals surface area contributed by atoms with E-state index >= 15 is 0 Å². The van der Waals surface area contributed by atoms with E-state index in [1.54, 1.807) is 11.3 Å². The van der Waals surface area contributed by atoms with Crippen LogP contribution in [0.5, 0.6) is 0 Å². The van der Waals surface area contributed by atoms with E-state index in [0.29, 0.717) is 23.4 Å². The Morgan fingerprint density at radius 1 is 0.349 bits per heavy atom. The maximum absolute atomic E-state index is 5.50. The summed E-state index contributed by atoms with van der Waals surface area (Å²) in [6.07, 6.45) is 0. The summed E-state index contributed by atoms with van der Waals surface area (Å²) < 4.78 is 5.93. The molecular formula is C55H32N6S2. The molecule has 0 saturated heterocycles. The Labute approximate surface area is 369 Å². The smallest absolute Gasteiger partial charge is 0.238 e. The predicted octanol–water partition coefficient (Wildman–Crippen LogP) is 14.8. The van der Waals surface area contributed by atoms with E-state index < -0.39 is 0 Å². The van der Waals surface area contributed by atoms with E-state index in [2.05, 4.69) is 138 Å². The second-order valence-electron chi connectivity index (χ2n) is 15.6. The highest BCUT2D eigenvalue weighted by molar-refractivity contribution is 7.26. The summed E-state index contributed by atoms with van der Waals surface area (Å²) in [5.74, 6) is 2.46. The van der Waals surface area contributed by atoms with E-state index in [9.17, 15) is 0 Å². The quantitative estimate of drug-likeness (QED) is 0.167. The largest absolute Gasteiger partial charge is 0.278 e. The molecule has 294 valence electrons. The first kappa shape index (κ1) is 35.8. The third-order valence-corrected chi connectivity index (χ3v) is 14.2. The van der Waals surface area contributed by atoms with Crippen LogP contribution in [0.25, 0.3) is 125 Å². The predicted molar refractivity (Wildman–Crippen MR) is 263 cm³/mol. The van der Waals surface area contributed by atoms with Crippen LogP contribution in [0.3, 0.4) is 0 Å². The maximum atomic E-state index is 5.50. The van der Waals surface area contributed by atoms with Crippen LogP contribution in [0.2, 0.25) is 0 Å². The Morgan fingerprint density at radius 3 is 1.71 bits per heavy atom. The van der Waals surface area contributed by atoms with Gasteiger partial charge in [0.15, 0.2) is 17.5 Å². The second-order valence-corrected chi connectivity index (χ2v) is 17.7. The average molecular weight is 841 g/mol. The van der Waals surface area contributed by atoms with Crippen LogP contribution in [-0.4, -0.2) is 29.5 Å². The van der Waals surface area contributed by atoms with Crippen molar-refractivity contribution >= 4 is 85.0 Å². The normalized spacial score (nSPS) is 11.8. The molecule has 0 unspecified atom stereocenters. The number of rotatable bonds is 6. The number of nitrogens with zero attached hydrogens (tertiary/aromatic N) is 6. The maximum Gasteiger partial charge on any atom is 0.238 e. The van der Waals surface area contributed by atoms with Gasteiger partial charge in [0.05, 0.1) is 16.7 Å². The summed E-state index contributed by atoms with van der Waals surface area (Å²) in [5.41, 5.74) is 9.13. The van der Waals surface area contributed by atoms with Crippen LogP contribution < -0.4 is 0 Å². The molecule has 0 N–H and O–H groups in total. The molecule has 0 saturated carbocycles. The van der Waals surface area contributed by atoms with Crippen LogP contribution in [0, 0.1) is 0 Å². The van der Waals surface area contributed by atoms with Gasteiger partial charge in [-0.2, -0.15) is 9.97 Å². The number of benzene rings is 8. The molecule has 6 nitrogen and oxygen atoms in total. The molecule has 8 heteroatoms. The first-order chi connectivity index (χ1) is 31.2. The van der Waals surface area contributed by atoms with Gasteiger partial charge in [-0.3, -0.25) is 4.57 Å². The van der Waals surface area contributed by atoms with Gasteiger partial charge in [0.2, 0.25) is 5.95 Å². The Morgan fingerprint density at radius 2 is 0.937 bits per heavy atom. The third kappa shape index (κ3) is 5.87. The molecule has 0 aliphatic carbocycles. The standard InChI is InChI=1S/C55H32N6S2/c1-3-15-33(16-4-1)51-57-52(34-17-5-2-6-18-34)60-55(59-51)61-44-26-10-7-21-39(44)43-32-37(29-30-45(43)61)53-56-49(48-42-23-9-12-28-47(42)63-54(48)58-53)36-20-13-19-35(31-36)38-24-14-25-41-40-22-8-11-27-46(40)62-50(38)41/h1-32H. The lowest BCUT2D eigenvalue weighted by atomic mass is 9.98. The van der Waals surface area contributed by atoms with Gasteiger partial charge in [-0.25, -0.2) is 15.0 Å². The molecule has 0 spiro atoms. The van der Waals surface area contributed by atoms with Crippen molar-refractivity contribution in [2.75, 3.05) is 0 Å². The van der Waals surface area contributed by atoms with E-state index in [0.717, 1.165) is 70.9 Å². The van der Waals surface area contributed by atoms with E-state index in [4.69, 9.17) is 24.9 Å². The van der Waals surface area contributed by atoms with Crippen molar-refractivity contribution in [3.8, 4) is 62.5 Å². The fourth-order valence-corrected chi connectivity index (χ4v) is 11.3. The van der Waals surface area contributed by atoms with Crippen LogP contribution >= 0.6 is 22.7 Å². The summed E-state index contributed by atoms with van der Waals surface area (Å²) in [4.78, 5) is 27.0. The van der Waals surface area contributed by atoms with Gasteiger partial charge in [0, 0.05) is 68.7 Å². The molecule has 0 radical (unpaired) electrons. The Hall–Kier alpha value is -7.91. The second kappa shape index (κ2) is 14.3. The molecule has 0 atom stereocenters. The van der Waals surface area contributed by atoms with Crippen molar-refractivity contribution in [2.24, 2.45) is 0 Å². The molecule has 13 rings (SSSR count). The number of para-hydroxylation sites is 1. The van der Waals surface area contributed by atoms with Gasteiger partial charge in [-0.05, 0) is 53.6 Å². The Bertz CT molecular complexity index is 3870. The lowest BCUT2D eigenvalue weighted by Crippen LogP contribution is -2.06. The summed E-state index contributed by atoms with van der Waals surface area (Å²) in [5, 5.41) is 6.97. The number of thiophene rings is 2. The van der Waals surface area contributed by atoms with E-state index in [1.807, 2.05) is 72.0 Å². The zero-order chi connectivity index (χ0) is 41.4. The Kier molecular flexibility index (Phi) is 8.15. The lowest BCUT2D eigenvalue weighted by molar-refractivity contribution is 0.953. The average Bonchev–Trinajstić information content (AvgIpc) is 4.04. The van der Waals surface area contributed by atoms with Crippen LogP contribution in [0.15, 0.2) is 194 Å².